The zero-order chi connectivity index (χ0) is 22.9. The van der Waals surface area contributed by atoms with Crippen molar-refractivity contribution in [3.63, 3.8) is 0 Å². The predicted molar refractivity (Wildman–Crippen MR) is 132 cm³/mol. The van der Waals surface area contributed by atoms with Gasteiger partial charge in [0, 0.05) is 43.3 Å². The number of rotatable bonds is 6. The van der Waals surface area contributed by atoms with E-state index in [1.807, 2.05) is 37.3 Å². The quantitative estimate of drug-likeness (QED) is 0.431. The summed E-state index contributed by atoms with van der Waals surface area (Å²) in [5, 5.41) is 16.2. The Bertz CT molecular complexity index is 1250. The highest BCUT2D eigenvalue weighted by molar-refractivity contribution is 7.17. The van der Waals surface area contributed by atoms with Crippen LogP contribution in [0.3, 0.4) is 0 Å². The van der Waals surface area contributed by atoms with Crippen LogP contribution in [0.15, 0.2) is 48.5 Å². The Labute approximate surface area is 201 Å². The van der Waals surface area contributed by atoms with Gasteiger partial charge in [-0.2, -0.15) is 4.52 Å². The van der Waals surface area contributed by atoms with E-state index in [0.29, 0.717) is 9.98 Å². The second-order valence-electron chi connectivity index (χ2n) is 8.04. The maximum Gasteiger partial charge on any atom is 0.230 e. The fourth-order valence-electron chi connectivity index (χ4n) is 4.35. The first-order chi connectivity index (χ1) is 16.1. The smallest absolute Gasteiger partial charge is 0.230 e. The van der Waals surface area contributed by atoms with Gasteiger partial charge in [0.05, 0.1) is 18.0 Å². The number of hydrogen-bond donors (Lipinski definition) is 1. The Balaban J connectivity index is 1.44. The average Bonchev–Trinajstić information content (AvgIpc) is 3.39. The van der Waals surface area contributed by atoms with Gasteiger partial charge in [0.2, 0.25) is 10.8 Å². The lowest BCUT2D eigenvalue weighted by Crippen LogP contribution is -2.47. The molecular formula is C24H26ClN5O2S. The molecule has 1 aliphatic heterocycles. The molecule has 4 aromatic rings. The molecule has 1 fully saturated rings. The largest absolute Gasteiger partial charge is 0.497 e. The third-order valence-corrected chi connectivity index (χ3v) is 7.40. The average molecular weight is 484 g/mol. The summed E-state index contributed by atoms with van der Waals surface area (Å²) in [4.78, 5) is 10.9. The number of anilines is 1. The number of nitrogens with zero attached hydrogens (tertiary/aromatic N) is 5. The van der Waals surface area contributed by atoms with E-state index in [0.717, 1.165) is 54.6 Å². The van der Waals surface area contributed by atoms with E-state index in [9.17, 15) is 5.11 Å². The van der Waals surface area contributed by atoms with Crippen molar-refractivity contribution < 1.29 is 9.84 Å². The summed E-state index contributed by atoms with van der Waals surface area (Å²) in [6.07, 6.45) is 0.730. The first-order valence-corrected chi connectivity index (χ1v) is 12.2. The number of halogens is 1. The van der Waals surface area contributed by atoms with Crippen LogP contribution in [0.25, 0.3) is 4.96 Å². The van der Waals surface area contributed by atoms with E-state index >= 15 is 0 Å². The standard InChI is InChI=1S/C24H26ClN5O2S/c1-3-20-26-24-30(27-20)23(31)22(33-24)21(16-5-4-6-17(25)15-16)29-13-11-28(12-14-29)18-7-9-19(32-2)10-8-18/h4-10,15,21,31H,3,11-14H2,1-2H3/t21-/m0/s1. The van der Waals surface area contributed by atoms with Gasteiger partial charge in [0.25, 0.3) is 0 Å². The van der Waals surface area contributed by atoms with Crippen LogP contribution < -0.4 is 9.64 Å². The van der Waals surface area contributed by atoms with Crippen molar-refractivity contribution in [3.8, 4) is 11.6 Å². The number of thiazole rings is 1. The third-order valence-electron chi connectivity index (χ3n) is 6.09. The first-order valence-electron chi connectivity index (χ1n) is 11.0. The van der Waals surface area contributed by atoms with Gasteiger partial charge in [0.15, 0.2) is 5.82 Å². The number of hydrogen-bond acceptors (Lipinski definition) is 7. The van der Waals surface area contributed by atoms with Crippen LogP contribution in [0.4, 0.5) is 5.69 Å². The van der Waals surface area contributed by atoms with Crippen molar-refractivity contribution in [3.05, 3.63) is 69.8 Å². The Kier molecular flexibility index (Phi) is 6.14. The van der Waals surface area contributed by atoms with Gasteiger partial charge in [-0.3, -0.25) is 4.90 Å². The SMILES string of the molecule is CCc1nc2sc([C@H](c3cccc(Cl)c3)N3CCN(c4ccc(OC)cc4)CC3)c(O)n2n1. The molecule has 1 atom stereocenters. The molecule has 0 saturated carbocycles. The first kappa shape index (κ1) is 22.0. The van der Waals surface area contributed by atoms with Gasteiger partial charge in [0.1, 0.15) is 5.75 Å². The van der Waals surface area contributed by atoms with Crippen LogP contribution in [0, 0.1) is 0 Å². The molecule has 7 nitrogen and oxygen atoms in total. The lowest BCUT2D eigenvalue weighted by molar-refractivity contribution is 0.211. The summed E-state index contributed by atoms with van der Waals surface area (Å²) in [6.45, 7) is 5.46. The highest BCUT2D eigenvalue weighted by Gasteiger charge is 2.32. The third kappa shape index (κ3) is 4.26. The number of ether oxygens (including phenoxy) is 1. The van der Waals surface area contributed by atoms with E-state index in [4.69, 9.17) is 16.3 Å². The maximum atomic E-state index is 11.1. The molecule has 33 heavy (non-hydrogen) atoms. The number of aromatic nitrogens is 3. The number of aryl methyl sites for hydroxylation is 1. The van der Waals surface area contributed by atoms with Crippen LogP contribution >= 0.6 is 22.9 Å². The fourth-order valence-corrected chi connectivity index (χ4v) is 5.69. The number of aromatic hydroxyl groups is 1. The van der Waals surface area contributed by atoms with Crippen LogP contribution in [0.5, 0.6) is 11.6 Å². The Morgan fingerprint density at radius 3 is 2.52 bits per heavy atom. The fraction of sp³-hybridized carbons (Fsp3) is 0.333. The molecule has 172 valence electrons. The molecular weight excluding hydrogens is 458 g/mol. The molecule has 0 radical (unpaired) electrons. The molecule has 0 bridgehead atoms. The van der Waals surface area contributed by atoms with Gasteiger partial charge in [-0.25, -0.2) is 4.98 Å². The number of piperazine rings is 1. The summed E-state index contributed by atoms with van der Waals surface area (Å²) < 4.78 is 6.84. The summed E-state index contributed by atoms with van der Waals surface area (Å²) in [5.41, 5.74) is 2.24. The molecule has 9 heteroatoms. The van der Waals surface area contributed by atoms with E-state index in [2.05, 4.69) is 38.1 Å². The predicted octanol–water partition coefficient (Wildman–Crippen LogP) is 4.63. The second-order valence-corrected chi connectivity index (χ2v) is 9.49. The lowest BCUT2D eigenvalue weighted by Gasteiger charge is -2.40. The van der Waals surface area contributed by atoms with E-state index in [-0.39, 0.29) is 11.9 Å². The zero-order valence-electron chi connectivity index (χ0n) is 18.6. The molecule has 0 amide bonds. The van der Waals surface area contributed by atoms with Crippen molar-refractivity contribution in [2.75, 3.05) is 38.2 Å². The van der Waals surface area contributed by atoms with Crippen LogP contribution in [0.2, 0.25) is 5.02 Å². The van der Waals surface area contributed by atoms with E-state index < -0.39 is 0 Å². The van der Waals surface area contributed by atoms with Crippen molar-refractivity contribution in [2.45, 2.75) is 19.4 Å². The topological polar surface area (TPSA) is 66.1 Å². The minimum atomic E-state index is -0.125. The van der Waals surface area contributed by atoms with Crippen molar-refractivity contribution in [2.24, 2.45) is 0 Å². The normalized spacial score (nSPS) is 15.8. The summed E-state index contributed by atoms with van der Waals surface area (Å²) >= 11 is 7.85. The van der Waals surface area contributed by atoms with Gasteiger partial charge in [-0.05, 0) is 42.0 Å². The van der Waals surface area contributed by atoms with Crippen molar-refractivity contribution in [1.82, 2.24) is 19.5 Å². The highest BCUT2D eigenvalue weighted by atomic mass is 35.5. The number of methoxy groups -OCH3 is 1. The molecule has 2 aromatic heterocycles. The molecule has 0 aliphatic carbocycles. The van der Waals surface area contributed by atoms with Gasteiger partial charge < -0.3 is 14.7 Å². The van der Waals surface area contributed by atoms with Crippen LogP contribution in [-0.4, -0.2) is 57.9 Å². The number of benzene rings is 2. The Morgan fingerprint density at radius 2 is 1.88 bits per heavy atom. The van der Waals surface area contributed by atoms with Crippen molar-refractivity contribution >= 4 is 33.6 Å². The molecule has 0 unspecified atom stereocenters. The molecule has 1 aliphatic rings. The Morgan fingerprint density at radius 1 is 1.12 bits per heavy atom. The molecule has 1 saturated heterocycles. The van der Waals surface area contributed by atoms with Crippen molar-refractivity contribution in [1.29, 1.82) is 0 Å². The van der Waals surface area contributed by atoms with Gasteiger partial charge in [-0.1, -0.05) is 42.0 Å². The highest BCUT2D eigenvalue weighted by Crippen LogP contribution is 2.41. The molecule has 3 heterocycles. The minimum absolute atomic E-state index is 0.125. The molecule has 5 rings (SSSR count). The maximum absolute atomic E-state index is 11.1. The van der Waals surface area contributed by atoms with E-state index in [1.54, 1.807) is 11.6 Å². The zero-order valence-corrected chi connectivity index (χ0v) is 20.2. The van der Waals surface area contributed by atoms with E-state index in [1.165, 1.54) is 17.0 Å². The van der Waals surface area contributed by atoms with Crippen LogP contribution in [0.1, 0.15) is 29.2 Å². The minimum Gasteiger partial charge on any atom is -0.497 e. The van der Waals surface area contributed by atoms with Gasteiger partial charge >= 0.3 is 0 Å². The lowest BCUT2D eigenvalue weighted by atomic mass is 10.0. The summed E-state index contributed by atoms with van der Waals surface area (Å²) in [6, 6.07) is 15.9. The van der Waals surface area contributed by atoms with Gasteiger partial charge in [-0.15, -0.1) is 5.10 Å². The molecule has 1 N–H and O–H groups in total. The second kappa shape index (κ2) is 9.21. The summed E-state index contributed by atoms with van der Waals surface area (Å²) in [7, 11) is 1.68. The Hall–Kier alpha value is -2.81. The monoisotopic (exact) mass is 483 g/mol. The van der Waals surface area contributed by atoms with Crippen LogP contribution in [-0.2, 0) is 6.42 Å². The molecule has 2 aromatic carbocycles. The number of fused-ring (bicyclic) bond motifs is 1. The molecule has 0 spiro atoms. The summed E-state index contributed by atoms with van der Waals surface area (Å²) in [5.74, 6) is 1.75.